The first kappa shape index (κ1) is 13.7. The molecule has 108 valence electrons. The highest BCUT2D eigenvalue weighted by Gasteiger charge is 2.22. The van der Waals surface area contributed by atoms with Crippen LogP contribution in [0.25, 0.3) is 0 Å². The first-order chi connectivity index (χ1) is 10.1. The van der Waals surface area contributed by atoms with Gasteiger partial charge in [-0.1, -0.05) is 29.8 Å². The van der Waals surface area contributed by atoms with E-state index >= 15 is 0 Å². The average Bonchev–Trinajstić information content (AvgIpc) is 2.89. The molecule has 0 saturated heterocycles. The highest BCUT2D eigenvalue weighted by molar-refractivity contribution is 6.33. The maximum atomic E-state index is 11.0. The van der Waals surface area contributed by atoms with E-state index in [1.165, 1.54) is 17.8 Å². The number of hydrogen-bond acceptors (Lipinski definition) is 4. The molecule has 3 rings (SSSR count). The van der Waals surface area contributed by atoms with Gasteiger partial charge >= 0.3 is 5.97 Å². The second-order valence-electron chi connectivity index (χ2n) is 4.79. The first-order valence-corrected chi connectivity index (χ1v) is 6.88. The van der Waals surface area contributed by atoms with Crippen molar-refractivity contribution in [2.45, 2.75) is 12.5 Å². The molecule has 0 saturated carbocycles. The Morgan fingerprint density at radius 2 is 2.29 bits per heavy atom. The van der Waals surface area contributed by atoms with Crippen LogP contribution in [0.1, 0.15) is 15.9 Å². The van der Waals surface area contributed by atoms with Gasteiger partial charge in [0.05, 0.1) is 17.1 Å². The molecule has 1 aromatic carbocycles. The van der Waals surface area contributed by atoms with Crippen LogP contribution < -0.4 is 10.1 Å². The summed E-state index contributed by atoms with van der Waals surface area (Å²) in [5.41, 5.74) is 1.21. The van der Waals surface area contributed by atoms with Crippen LogP contribution in [0.2, 0.25) is 5.02 Å². The van der Waals surface area contributed by atoms with Gasteiger partial charge in [0.1, 0.15) is 17.7 Å². The van der Waals surface area contributed by atoms with Gasteiger partial charge in [0.2, 0.25) is 0 Å². The maximum absolute atomic E-state index is 11.0. The summed E-state index contributed by atoms with van der Waals surface area (Å²) in [5, 5.41) is 12.2. The summed E-state index contributed by atoms with van der Waals surface area (Å²) in [6, 6.07) is 9.33. The SMILES string of the molecule is O=C(O)c1cc(NCC2Cc3ccccc3O2)ncc1Cl. The monoisotopic (exact) mass is 304 g/mol. The van der Waals surface area contributed by atoms with Crippen molar-refractivity contribution in [3.63, 3.8) is 0 Å². The largest absolute Gasteiger partial charge is 0.488 e. The summed E-state index contributed by atoms with van der Waals surface area (Å²) >= 11 is 5.78. The summed E-state index contributed by atoms with van der Waals surface area (Å²) in [4.78, 5) is 15.1. The molecule has 0 spiro atoms. The number of fused-ring (bicyclic) bond motifs is 1. The smallest absolute Gasteiger partial charge is 0.337 e. The van der Waals surface area contributed by atoms with E-state index in [0.29, 0.717) is 12.4 Å². The van der Waals surface area contributed by atoms with Gasteiger partial charge < -0.3 is 15.2 Å². The lowest BCUT2D eigenvalue weighted by Gasteiger charge is -2.12. The molecule has 1 aliphatic rings. The van der Waals surface area contributed by atoms with E-state index in [2.05, 4.69) is 10.3 Å². The molecular weight excluding hydrogens is 292 g/mol. The fourth-order valence-corrected chi connectivity index (χ4v) is 2.47. The fraction of sp³-hybridized carbons (Fsp3) is 0.200. The Morgan fingerprint density at radius 1 is 1.48 bits per heavy atom. The van der Waals surface area contributed by atoms with Gasteiger partial charge in [0, 0.05) is 12.6 Å². The summed E-state index contributed by atoms with van der Waals surface area (Å²) in [5.74, 6) is 0.297. The molecule has 21 heavy (non-hydrogen) atoms. The van der Waals surface area contributed by atoms with Crippen molar-refractivity contribution in [3.8, 4) is 5.75 Å². The number of carboxylic acid groups (broad SMARTS) is 1. The number of hydrogen-bond donors (Lipinski definition) is 2. The van der Waals surface area contributed by atoms with E-state index in [1.54, 1.807) is 0 Å². The molecule has 1 aliphatic heterocycles. The lowest BCUT2D eigenvalue weighted by Crippen LogP contribution is -2.24. The molecule has 0 aliphatic carbocycles. The molecule has 1 unspecified atom stereocenters. The van der Waals surface area contributed by atoms with Crippen LogP contribution in [0.5, 0.6) is 5.75 Å². The zero-order chi connectivity index (χ0) is 14.8. The summed E-state index contributed by atoms with van der Waals surface area (Å²) in [6.45, 7) is 0.544. The molecule has 0 fully saturated rings. The number of rotatable bonds is 4. The molecule has 2 aromatic rings. The quantitative estimate of drug-likeness (QED) is 0.909. The van der Waals surface area contributed by atoms with Crippen molar-refractivity contribution in [2.24, 2.45) is 0 Å². The number of aromatic carboxylic acids is 1. The number of carboxylic acids is 1. The van der Waals surface area contributed by atoms with Crippen LogP contribution in [-0.4, -0.2) is 28.7 Å². The molecule has 1 aromatic heterocycles. The first-order valence-electron chi connectivity index (χ1n) is 6.51. The second-order valence-corrected chi connectivity index (χ2v) is 5.19. The highest BCUT2D eigenvalue weighted by Crippen LogP contribution is 2.28. The van der Waals surface area contributed by atoms with Crippen LogP contribution >= 0.6 is 11.6 Å². The van der Waals surface area contributed by atoms with E-state index in [-0.39, 0.29) is 16.7 Å². The van der Waals surface area contributed by atoms with Gasteiger partial charge in [-0.25, -0.2) is 9.78 Å². The van der Waals surface area contributed by atoms with Crippen LogP contribution in [0.3, 0.4) is 0 Å². The average molecular weight is 305 g/mol. The number of aromatic nitrogens is 1. The fourth-order valence-electron chi connectivity index (χ4n) is 2.29. The van der Waals surface area contributed by atoms with Crippen LogP contribution in [0.15, 0.2) is 36.5 Å². The lowest BCUT2D eigenvalue weighted by molar-refractivity contribution is 0.0697. The normalized spacial score (nSPS) is 16.1. The third-order valence-electron chi connectivity index (χ3n) is 3.31. The number of pyridine rings is 1. The van der Waals surface area contributed by atoms with Gasteiger partial charge in [-0.3, -0.25) is 0 Å². The number of ether oxygens (including phenoxy) is 1. The van der Waals surface area contributed by atoms with E-state index in [0.717, 1.165) is 12.2 Å². The summed E-state index contributed by atoms with van der Waals surface area (Å²) in [7, 11) is 0. The minimum absolute atomic E-state index is 0.00755. The molecule has 5 nitrogen and oxygen atoms in total. The summed E-state index contributed by atoms with van der Waals surface area (Å²) < 4.78 is 5.80. The molecule has 1 atom stereocenters. The van der Waals surface area contributed by atoms with E-state index in [4.69, 9.17) is 21.4 Å². The number of para-hydroxylation sites is 1. The Hall–Kier alpha value is -2.27. The number of halogens is 1. The minimum atomic E-state index is -1.07. The lowest BCUT2D eigenvalue weighted by atomic mass is 10.1. The Morgan fingerprint density at radius 3 is 3.05 bits per heavy atom. The molecule has 0 bridgehead atoms. The van der Waals surface area contributed by atoms with Crippen molar-refractivity contribution in [3.05, 3.63) is 52.7 Å². The van der Waals surface area contributed by atoms with Crippen LogP contribution in [-0.2, 0) is 6.42 Å². The molecule has 2 N–H and O–H groups in total. The Kier molecular flexibility index (Phi) is 3.66. The zero-order valence-corrected chi connectivity index (χ0v) is 11.8. The number of benzene rings is 1. The summed E-state index contributed by atoms with van der Waals surface area (Å²) in [6.07, 6.45) is 2.16. The topological polar surface area (TPSA) is 71.5 Å². The van der Waals surface area contributed by atoms with Gasteiger partial charge in [0.25, 0.3) is 0 Å². The highest BCUT2D eigenvalue weighted by atomic mass is 35.5. The van der Waals surface area contributed by atoms with Crippen molar-refractivity contribution >= 4 is 23.4 Å². The number of carbonyl (C=O) groups is 1. The molecule has 0 radical (unpaired) electrons. The van der Waals surface area contributed by atoms with E-state index in [9.17, 15) is 4.79 Å². The number of anilines is 1. The molecule has 6 heteroatoms. The zero-order valence-electron chi connectivity index (χ0n) is 11.0. The molecule has 0 amide bonds. The van der Waals surface area contributed by atoms with Crippen molar-refractivity contribution in [1.82, 2.24) is 4.98 Å². The third-order valence-corrected chi connectivity index (χ3v) is 3.61. The Balaban J connectivity index is 1.64. The maximum Gasteiger partial charge on any atom is 0.337 e. The van der Waals surface area contributed by atoms with Crippen molar-refractivity contribution in [2.75, 3.05) is 11.9 Å². The molecular formula is C15H13ClN2O3. The van der Waals surface area contributed by atoms with Gasteiger partial charge in [-0.2, -0.15) is 0 Å². The minimum Gasteiger partial charge on any atom is -0.488 e. The van der Waals surface area contributed by atoms with E-state index in [1.807, 2.05) is 24.3 Å². The van der Waals surface area contributed by atoms with Crippen molar-refractivity contribution < 1.29 is 14.6 Å². The Bertz CT molecular complexity index is 665. The van der Waals surface area contributed by atoms with Crippen LogP contribution in [0.4, 0.5) is 5.82 Å². The molecule has 2 heterocycles. The number of nitrogens with one attached hydrogen (secondary N) is 1. The predicted molar refractivity (Wildman–Crippen MR) is 79.3 cm³/mol. The van der Waals surface area contributed by atoms with Gasteiger partial charge in [-0.05, 0) is 17.7 Å². The van der Waals surface area contributed by atoms with Gasteiger partial charge in [-0.15, -0.1) is 0 Å². The van der Waals surface area contributed by atoms with Gasteiger partial charge in [0.15, 0.2) is 0 Å². The standard InChI is InChI=1S/C15H13ClN2O3/c16-12-8-18-14(6-11(12)15(19)20)17-7-10-5-9-3-1-2-4-13(9)21-10/h1-4,6,8,10H,5,7H2,(H,17,18)(H,19,20). The third kappa shape index (κ3) is 2.92. The number of nitrogens with zero attached hydrogens (tertiary/aromatic N) is 1. The van der Waals surface area contributed by atoms with E-state index < -0.39 is 5.97 Å². The second kappa shape index (κ2) is 5.61. The Labute approximate surface area is 126 Å². The van der Waals surface area contributed by atoms with Crippen LogP contribution in [0, 0.1) is 0 Å². The van der Waals surface area contributed by atoms with Crippen molar-refractivity contribution in [1.29, 1.82) is 0 Å². The predicted octanol–water partition coefficient (Wildman–Crippen LogP) is 2.85.